The van der Waals surface area contributed by atoms with Gasteiger partial charge in [0.25, 0.3) is 0 Å². The summed E-state index contributed by atoms with van der Waals surface area (Å²) in [6, 6.07) is 5.53. The van der Waals surface area contributed by atoms with E-state index in [1.54, 1.807) is 7.11 Å². The Bertz CT molecular complexity index is 378. The SMILES string of the molecule is CCOc1ccc(C(O)CC(C)OC)cc1OCC. The third kappa shape index (κ3) is 4.73. The second kappa shape index (κ2) is 8.02. The van der Waals surface area contributed by atoms with Crippen LogP contribution in [-0.4, -0.2) is 31.5 Å². The van der Waals surface area contributed by atoms with Crippen LogP contribution in [0.15, 0.2) is 18.2 Å². The minimum atomic E-state index is -0.565. The Labute approximate surface area is 115 Å². The van der Waals surface area contributed by atoms with Crippen LogP contribution >= 0.6 is 0 Å². The zero-order valence-electron chi connectivity index (χ0n) is 12.2. The van der Waals surface area contributed by atoms with Crippen LogP contribution in [0, 0.1) is 0 Å². The van der Waals surface area contributed by atoms with E-state index in [1.165, 1.54) is 0 Å². The largest absolute Gasteiger partial charge is 0.490 e. The van der Waals surface area contributed by atoms with Gasteiger partial charge in [0, 0.05) is 13.5 Å². The molecule has 0 radical (unpaired) electrons. The first-order chi connectivity index (χ1) is 9.12. The number of benzene rings is 1. The molecule has 19 heavy (non-hydrogen) atoms. The molecule has 0 aliphatic rings. The number of rotatable bonds is 8. The molecule has 0 fully saturated rings. The van der Waals surface area contributed by atoms with Gasteiger partial charge >= 0.3 is 0 Å². The lowest BCUT2D eigenvalue weighted by Gasteiger charge is -2.18. The lowest BCUT2D eigenvalue weighted by atomic mass is 10.0. The van der Waals surface area contributed by atoms with Crippen molar-refractivity contribution in [3.8, 4) is 11.5 Å². The highest BCUT2D eigenvalue weighted by molar-refractivity contribution is 5.43. The topological polar surface area (TPSA) is 47.9 Å². The lowest BCUT2D eigenvalue weighted by molar-refractivity contribution is 0.0558. The smallest absolute Gasteiger partial charge is 0.161 e. The summed E-state index contributed by atoms with van der Waals surface area (Å²) in [6.07, 6.45) is -0.00212. The predicted molar refractivity (Wildman–Crippen MR) is 74.8 cm³/mol. The van der Waals surface area contributed by atoms with Crippen LogP contribution in [0.4, 0.5) is 0 Å². The molecule has 1 aromatic carbocycles. The third-order valence-electron chi connectivity index (χ3n) is 2.91. The summed E-state index contributed by atoms with van der Waals surface area (Å²) < 4.78 is 16.2. The maximum Gasteiger partial charge on any atom is 0.161 e. The monoisotopic (exact) mass is 268 g/mol. The van der Waals surface area contributed by atoms with Gasteiger partial charge in [-0.3, -0.25) is 0 Å². The molecule has 4 nitrogen and oxygen atoms in total. The Kier molecular flexibility index (Phi) is 6.67. The van der Waals surface area contributed by atoms with Crippen LogP contribution in [0.1, 0.15) is 38.9 Å². The zero-order chi connectivity index (χ0) is 14.3. The molecule has 0 bridgehead atoms. The summed E-state index contributed by atoms with van der Waals surface area (Å²) in [4.78, 5) is 0. The number of hydrogen-bond donors (Lipinski definition) is 1. The third-order valence-corrected chi connectivity index (χ3v) is 2.91. The Morgan fingerprint density at radius 1 is 1.11 bits per heavy atom. The Balaban J connectivity index is 2.87. The highest BCUT2D eigenvalue weighted by Gasteiger charge is 2.15. The van der Waals surface area contributed by atoms with E-state index in [-0.39, 0.29) is 6.10 Å². The molecule has 108 valence electrons. The molecule has 0 aliphatic heterocycles. The molecule has 0 aromatic heterocycles. The molecule has 0 spiro atoms. The standard InChI is InChI=1S/C15H24O4/c1-5-18-14-8-7-12(10-15(14)19-6-2)13(16)9-11(3)17-4/h7-8,10-11,13,16H,5-6,9H2,1-4H3. The van der Waals surface area contributed by atoms with Crippen molar-refractivity contribution in [3.05, 3.63) is 23.8 Å². The molecule has 0 aliphatic carbocycles. The molecule has 0 amide bonds. The highest BCUT2D eigenvalue weighted by Crippen LogP contribution is 2.32. The molecule has 0 heterocycles. The van der Waals surface area contributed by atoms with E-state index in [0.717, 1.165) is 5.56 Å². The second-order valence-electron chi connectivity index (χ2n) is 4.37. The first kappa shape index (κ1) is 15.8. The fourth-order valence-electron chi connectivity index (χ4n) is 1.82. The summed E-state index contributed by atoms with van der Waals surface area (Å²) in [5, 5.41) is 10.2. The first-order valence-electron chi connectivity index (χ1n) is 6.72. The maximum absolute atomic E-state index is 10.2. The fraction of sp³-hybridized carbons (Fsp3) is 0.600. The summed E-state index contributed by atoms with van der Waals surface area (Å²) in [7, 11) is 1.64. The molecular formula is C15H24O4. The minimum absolute atomic E-state index is 0.0112. The van der Waals surface area contributed by atoms with Crippen LogP contribution in [0.3, 0.4) is 0 Å². The molecule has 0 saturated heterocycles. The van der Waals surface area contributed by atoms with Crippen LogP contribution in [0.25, 0.3) is 0 Å². The quantitative estimate of drug-likeness (QED) is 0.787. The minimum Gasteiger partial charge on any atom is -0.490 e. The van der Waals surface area contributed by atoms with Crippen LogP contribution in [-0.2, 0) is 4.74 Å². The van der Waals surface area contributed by atoms with Crippen molar-refractivity contribution in [2.75, 3.05) is 20.3 Å². The van der Waals surface area contributed by atoms with E-state index in [1.807, 2.05) is 39.0 Å². The van der Waals surface area contributed by atoms with E-state index in [0.29, 0.717) is 31.1 Å². The Morgan fingerprint density at radius 3 is 2.32 bits per heavy atom. The van der Waals surface area contributed by atoms with Crippen molar-refractivity contribution in [3.63, 3.8) is 0 Å². The first-order valence-corrected chi connectivity index (χ1v) is 6.72. The van der Waals surface area contributed by atoms with Crippen molar-refractivity contribution in [2.24, 2.45) is 0 Å². The van der Waals surface area contributed by atoms with Gasteiger partial charge in [0.05, 0.1) is 25.4 Å². The van der Waals surface area contributed by atoms with E-state index in [2.05, 4.69) is 0 Å². The second-order valence-corrected chi connectivity index (χ2v) is 4.37. The van der Waals surface area contributed by atoms with E-state index in [4.69, 9.17) is 14.2 Å². The molecule has 1 aromatic rings. The Hall–Kier alpha value is -1.26. The van der Waals surface area contributed by atoms with Crippen LogP contribution in [0.5, 0.6) is 11.5 Å². The van der Waals surface area contributed by atoms with Gasteiger partial charge in [0.2, 0.25) is 0 Å². The molecule has 1 rings (SSSR count). The molecule has 2 atom stereocenters. The summed E-state index contributed by atoms with van der Waals surface area (Å²) in [5.74, 6) is 1.38. The number of hydrogen-bond acceptors (Lipinski definition) is 4. The predicted octanol–water partition coefficient (Wildman–Crippen LogP) is 2.94. The van der Waals surface area contributed by atoms with Crippen molar-refractivity contribution in [2.45, 2.75) is 39.4 Å². The number of aliphatic hydroxyl groups excluding tert-OH is 1. The van der Waals surface area contributed by atoms with Crippen molar-refractivity contribution >= 4 is 0 Å². The molecule has 0 saturated carbocycles. The molecule has 2 unspecified atom stereocenters. The van der Waals surface area contributed by atoms with Crippen molar-refractivity contribution in [1.82, 2.24) is 0 Å². The fourth-order valence-corrected chi connectivity index (χ4v) is 1.82. The maximum atomic E-state index is 10.2. The Morgan fingerprint density at radius 2 is 1.74 bits per heavy atom. The van der Waals surface area contributed by atoms with Gasteiger partial charge in [-0.05, 0) is 38.5 Å². The van der Waals surface area contributed by atoms with Gasteiger partial charge in [0.1, 0.15) is 0 Å². The van der Waals surface area contributed by atoms with Gasteiger partial charge in [-0.1, -0.05) is 6.07 Å². The van der Waals surface area contributed by atoms with Gasteiger partial charge < -0.3 is 19.3 Å². The van der Waals surface area contributed by atoms with Gasteiger partial charge in [-0.15, -0.1) is 0 Å². The number of aliphatic hydroxyl groups is 1. The average Bonchev–Trinajstić information content (AvgIpc) is 2.41. The van der Waals surface area contributed by atoms with Crippen molar-refractivity contribution in [1.29, 1.82) is 0 Å². The van der Waals surface area contributed by atoms with Gasteiger partial charge in [0.15, 0.2) is 11.5 Å². The summed E-state index contributed by atoms with van der Waals surface area (Å²) in [5.41, 5.74) is 0.816. The van der Waals surface area contributed by atoms with Gasteiger partial charge in [-0.25, -0.2) is 0 Å². The normalized spacial score (nSPS) is 13.9. The van der Waals surface area contributed by atoms with Crippen LogP contribution < -0.4 is 9.47 Å². The summed E-state index contributed by atoms with van der Waals surface area (Å²) in [6.45, 7) is 6.93. The zero-order valence-corrected chi connectivity index (χ0v) is 12.2. The van der Waals surface area contributed by atoms with Crippen molar-refractivity contribution < 1.29 is 19.3 Å². The lowest BCUT2D eigenvalue weighted by Crippen LogP contribution is -2.11. The number of ether oxygens (including phenoxy) is 3. The van der Waals surface area contributed by atoms with E-state index >= 15 is 0 Å². The average molecular weight is 268 g/mol. The molecule has 1 N–H and O–H groups in total. The van der Waals surface area contributed by atoms with E-state index in [9.17, 15) is 5.11 Å². The van der Waals surface area contributed by atoms with Crippen LogP contribution in [0.2, 0.25) is 0 Å². The van der Waals surface area contributed by atoms with Gasteiger partial charge in [-0.2, -0.15) is 0 Å². The van der Waals surface area contributed by atoms with E-state index < -0.39 is 6.10 Å². The number of methoxy groups -OCH3 is 1. The molecule has 4 heteroatoms. The molecular weight excluding hydrogens is 244 g/mol. The summed E-state index contributed by atoms with van der Waals surface area (Å²) >= 11 is 0. The highest BCUT2D eigenvalue weighted by atomic mass is 16.5.